The standard InChI is InChI=1S/C9H11Cl2NO4S/c1-5(16-17(12,14)15)9(13)6-3-2-4-7(10)8(6)11/h2-5,9,13H,1H3,(H2,12,14,15)/t5-,9+/m1/s1. The number of halogens is 2. The third-order valence-electron chi connectivity index (χ3n) is 2.03. The molecule has 3 N–H and O–H groups in total. The Labute approximate surface area is 109 Å². The molecule has 1 aromatic carbocycles. The Hall–Kier alpha value is -0.370. The first kappa shape index (κ1) is 14.7. The van der Waals surface area contributed by atoms with Crippen LogP contribution in [0.4, 0.5) is 0 Å². The zero-order chi connectivity index (χ0) is 13.2. The molecule has 0 saturated heterocycles. The fraction of sp³-hybridized carbons (Fsp3) is 0.333. The Morgan fingerprint density at radius 1 is 1.41 bits per heavy atom. The summed E-state index contributed by atoms with van der Waals surface area (Å²) in [5.74, 6) is 0. The zero-order valence-corrected chi connectivity index (χ0v) is 11.1. The molecule has 96 valence electrons. The average Bonchev–Trinajstić information content (AvgIpc) is 2.18. The van der Waals surface area contributed by atoms with E-state index in [4.69, 9.17) is 28.3 Å². The van der Waals surface area contributed by atoms with Crippen LogP contribution < -0.4 is 5.14 Å². The van der Waals surface area contributed by atoms with Crippen molar-refractivity contribution in [1.82, 2.24) is 0 Å². The highest BCUT2D eigenvalue weighted by Gasteiger charge is 2.24. The summed E-state index contributed by atoms with van der Waals surface area (Å²) >= 11 is 11.6. The smallest absolute Gasteiger partial charge is 0.333 e. The fourth-order valence-electron chi connectivity index (χ4n) is 1.27. The highest BCUT2D eigenvalue weighted by Crippen LogP contribution is 2.32. The van der Waals surface area contributed by atoms with E-state index in [9.17, 15) is 13.5 Å². The van der Waals surface area contributed by atoms with Crippen LogP contribution in [-0.4, -0.2) is 19.6 Å². The number of aliphatic hydroxyl groups excluding tert-OH is 1. The largest absolute Gasteiger partial charge is 0.386 e. The van der Waals surface area contributed by atoms with Gasteiger partial charge in [-0.15, -0.1) is 0 Å². The zero-order valence-electron chi connectivity index (χ0n) is 8.80. The number of aliphatic hydroxyl groups is 1. The molecule has 1 rings (SSSR count). The number of hydrogen-bond donors (Lipinski definition) is 2. The summed E-state index contributed by atoms with van der Waals surface area (Å²) < 4.78 is 25.9. The Morgan fingerprint density at radius 3 is 2.53 bits per heavy atom. The average molecular weight is 300 g/mol. The maximum absolute atomic E-state index is 10.7. The predicted molar refractivity (Wildman–Crippen MR) is 65.1 cm³/mol. The van der Waals surface area contributed by atoms with Crippen LogP contribution in [0, 0.1) is 0 Å². The van der Waals surface area contributed by atoms with Gasteiger partial charge in [0.2, 0.25) is 0 Å². The molecule has 0 amide bonds. The van der Waals surface area contributed by atoms with Gasteiger partial charge in [0, 0.05) is 5.56 Å². The van der Waals surface area contributed by atoms with Gasteiger partial charge < -0.3 is 5.11 Å². The Bertz CT molecular complexity index is 506. The van der Waals surface area contributed by atoms with Gasteiger partial charge in [-0.05, 0) is 13.0 Å². The van der Waals surface area contributed by atoms with Crippen molar-refractivity contribution in [2.24, 2.45) is 5.14 Å². The van der Waals surface area contributed by atoms with Gasteiger partial charge >= 0.3 is 10.3 Å². The number of hydrogen-bond acceptors (Lipinski definition) is 4. The van der Waals surface area contributed by atoms with Crippen molar-refractivity contribution >= 4 is 33.5 Å². The molecule has 0 unspecified atom stereocenters. The van der Waals surface area contributed by atoms with Crippen molar-refractivity contribution in [2.75, 3.05) is 0 Å². The van der Waals surface area contributed by atoms with Gasteiger partial charge in [0.05, 0.1) is 10.0 Å². The normalized spacial score (nSPS) is 15.6. The van der Waals surface area contributed by atoms with Gasteiger partial charge in [0.15, 0.2) is 0 Å². The summed E-state index contributed by atoms with van der Waals surface area (Å²) in [5.41, 5.74) is 0.273. The van der Waals surface area contributed by atoms with Crippen molar-refractivity contribution in [2.45, 2.75) is 19.1 Å². The molecular formula is C9H11Cl2NO4S. The number of nitrogens with two attached hydrogens (primary N) is 1. The summed E-state index contributed by atoms with van der Waals surface area (Å²) in [6, 6.07) is 4.64. The minimum atomic E-state index is -4.14. The Morgan fingerprint density at radius 2 is 2.00 bits per heavy atom. The van der Waals surface area contributed by atoms with Gasteiger partial charge in [0.1, 0.15) is 12.2 Å². The maximum Gasteiger partial charge on any atom is 0.333 e. The Balaban J connectivity index is 2.96. The van der Waals surface area contributed by atoms with E-state index < -0.39 is 22.5 Å². The predicted octanol–water partition coefficient (Wildman–Crippen LogP) is 1.64. The molecule has 8 heteroatoms. The van der Waals surface area contributed by atoms with E-state index in [0.29, 0.717) is 0 Å². The van der Waals surface area contributed by atoms with Crippen molar-refractivity contribution in [3.63, 3.8) is 0 Å². The van der Waals surface area contributed by atoms with Crippen LogP contribution in [0.3, 0.4) is 0 Å². The molecule has 0 aliphatic carbocycles. The highest BCUT2D eigenvalue weighted by atomic mass is 35.5. The van der Waals surface area contributed by atoms with Crippen LogP contribution in [0.5, 0.6) is 0 Å². The summed E-state index contributed by atoms with van der Waals surface area (Å²) in [6.07, 6.45) is -2.32. The van der Waals surface area contributed by atoms with E-state index in [2.05, 4.69) is 4.18 Å². The van der Waals surface area contributed by atoms with Crippen LogP contribution in [0.1, 0.15) is 18.6 Å². The first-order valence-electron chi connectivity index (χ1n) is 4.55. The first-order valence-corrected chi connectivity index (χ1v) is 6.78. The quantitative estimate of drug-likeness (QED) is 0.884. The summed E-state index contributed by atoms with van der Waals surface area (Å²) in [6.45, 7) is 1.35. The Kier molecular flexibility index (Phi) is 4.77. The van der Waals surface area contributed by atoms with Crippen LogP contribution >= 0.6 is 23.2 Å². The molecule has 1 aromatic rings. The van der Waals surface area contributed by atoms with E-state index in [1.807, 2.05) is 0 Å². The van der Waals surface area contributed by atoms with Crippen molar-refractivity contribution in [1.29, 1.82) is 0 Å². The summed E-state index contributed by atoms with van der Waals surface area (Å²) in [4.78, 5) is 0. The number of benzene rings is 1. The monoisotopic (exact) mass is 299 g/mol. The van der Waals surface area contributed by atoms with E-state index >= 15 is 0 Å². The van der Waals surface area contributed by atoms with Gasteiger partial charge in [-0.2, -0.15) is 8.42 Å². The lowest BCUT2D eigenvalue weighted by atomic mass is 10.1. The van der Waals surface area contributed by atoms with E-state index in [0.717, 1.165) is 0 Å². The number of rotatable bonds is 4. The third-order valence-corrected chi connectivity index (χ3v) is 3.44. The van der Waals surface area contributed by atoms with Gasteiger partial charge in [0.25, 0.3) is 0 Å². The van der Waals surface area contributed by atoms with Gasteiger partial charge in [-0.3, -0.25) is 4.18 Å². The molecule has 0 aliphatic heterocycles. The SMILES string of the molecule is C[C@@H](OS(N)(=O)=O)[C@H](O)c1cccc(Cl)c1Cl. The maximum atomic E-state index is 10.7. The fourth-order valence-corrected chi connectivity index (χ4v) is 2.21. The van der Waals surface area contributed by atoms with Crippen molar-refractivity contribution < 1.29 is 17.7 Å². The topological polar surface area (TPSA) is 89.6 Å². The van der Waals surface area contributed by atoms with E-state index in [-0.39, 0.29) is 15.6 Å². The summed E-state index contributed by atoms with van der Waals surface area (Å²) in [7, 11) is -4.14. The van der Waals surface area contributed by atoms with Gasteiger partial charge in [-0.25, -0.2) is 5.14 Å². The van der Waals surface area contributed by atoms with E-state index in [1.165, 1.54) is 13.0 Å². The highest BCUT2D eigenvalue weighted by molar-refractivity contribution is 7.84. The first-order chi connectivity index (χ1) is 7.72. The molecular weight excluding hydrogens is 289 g/mol. The lowest BCUT2D eigenvalue weighted by Gasteiger charge is -2.19. The molecule has 0 heterocycles. The lowest BCUT2D eigenvalue weighted by molar-refractivity contribution is 0.0509. The van der Waals surface area contributed by atoms with Gasteiger partial charge in [-0.1, -0.05) is 35.3 Å². The molecule has 0 bridgehead atoms. The molecule has 0 aliphatic rings. The molecule has 0 saturated carbocycles. The lowest BCUT2D eigenvalue weighted by Crippen LogP contribution is -2.27. The molecule has 0 aromatic heterocycles. The molecule has 0 fully saturated rings. The minimum absolute atomic E-state index is 0.145. The van der Waals surface area contributed by atoms with Crippen LogP contribution in [-0.2, 0) is 14.5 Å². The van der Waals surface area contributed by atoms with Crippen LogP contribution in [0.15, 0.2) is 18.2 Å². The second-order valence-electron chi connectivity index (χ2n) is 3.38. The molecule has 17 heavy (non-hydrogen) atoms. The third kappa shape index (κ3) is 4.09. The summed E-state index contributed by atoms with van der Waals surface area (Å²) in [5, 5.41) is 15.0. The van der Waals surface area contributed by atoms with Crippen molar-refractivity contribution in [3.05, 3.63) is 33.8 Å². The van der Waals surface area contributed by atoms with Crippen LogP contribution in [0.2, 0.25) is 10.0 Å². The minimum Gasteiger partial charge on any atom is -0.386 e. The van der Waals surface area contributed by atoms with E-state index in [1.54, 1.807) is 12.1 Å². The van der Waals surface area contributed by atoms with Crippen LogP contribution in [0.25, 0.3) is 0 Å². The molecule has 2 atom stereocenters. The molecule has 0 radical (unpaired) electrons. The molecule has 0 spiro atoms. The second kappa shape index (κ2) is 5.51. The van der Waals surface area contributed by atoms with Crippen molar-refractivity contribution in [3.8, 4) is 0 Å². The molecule has 5 nitrogen and oxygen atoms in total. The second-order valence-corrected chi connectivity index (χ2v) is 5.35.